The molecule has 0 spiro atoms. The maximum absolute atomic E-state index is 10.6. The summed E-state index contributed by atoms with van der Waals surface area (Å²) in [6.07, 6.45) is 3.63. The molecule has 0 aromatic heterocycles. The maximum atomic E-state index is 10.6. The Labute approximate surface area is 73.5 Å². The van der Waals surface area contributed by atoms with Crippen LogP contribution in [0.2, 0.25) is 0 Å². The van der Waals surface area contributed by atoms with Crippen molar-refractivity contribution in [3.05, 3.63) is 0 Å². The predicted octanol–water partition coefficient (Wildman–Crippen LogP) is 0.939. The standard InChI is InChI=1S/C9H17NO2/c1-8(11)12-7-9(6-10-2)4-3-5-9/h10H,3-7H2,1-2H3. The lowest BCUT2D eigenvalue weighted by Crippen LogP contribution is -2.42. The Morgan fingerprint density at radius 3 is 2.58 bits per heavy atom. The average molecular weight is 171 g/mol. The van der Waals surface area contributed by atoms with Gasteiger partial charge in [0.05, 0.1) is 6.61 Å². The van der Waals surface area contributed by atoms with Gasteiger partial charge < -0.3 is 10.1 Å². The summed E-state index contributed by atoms with van der Waals surface area (Å²) in [7, 11) is 1.94. The van der Waals surface area contributed by atoms with Gasteiger partial charge in [-0.25, -0.2) is 0 Å². The Balaban J connectivity index is 2.29. The zero-order valence-electron chi connectivity index (χ0n) is 7.85. The summed E-state index contributed by atoms with van der Waals surface area (Å²) in [5, 5.41) is 3.14. The van der Waals surface area contributed by atoms with Gasteiger partial charge in [0, 0.05) is 18.9 Å². The van der Waals surface area contributed by atoms with Crippen LogP contribution in [0.25, 0.3) is 0 Å². The second-order valence-electron chi connectivity index (χ2n) is 3.66. The third-order valence-electron chi connectivity index (χ3n) is 2.55. The molecule has 1 aliphatic rings. The molecule has 1 saturated carbocycles. The summed E-state index contributed by atoms with van der Waals surface area (Å²) < 4.78 is 5.02. The lowest BCUT2D eigenvalue weighted by molar-refractivity contribution is -0.146. The van der Waals surface area contributed by atoms with Crippen LogP contribution in [0.15, 0.2) is 0 Å². The van der Waals surface area contributed by atoms with Crippen LogP contribution in [0.5, 0.6) is 0 Å². The summed E-state index contributed by atoms with van der Waals surface area (Å²) in [6, 6.07) is 0. The molecule has 0 saturated heterocycles. The number of hydrogen-bond donors (Lipinski definition) is 1. The molecular weight excluding hydrogens is 154 g/mol. The van der Waals surface area contributed by atoms with Crippen molar-refractivity contribution in [1.29, 1.82) is 0 Å². The van der Waals surface area contributed by atoms with Gasteiger partial charge in [0.15, 0.2) is 0 Å². The Bertz CT molecular complexity index is 164. The first-order valence-corrected chi connectivity index (χ1v) is 4.46. The van der Waals surface area contributed by atoms with E-state index in [2.05, 4.69) is 5.32 Å². The van der Waals surface area contributed by atoms with E-state index in [1.54, 1.807) is 0 Å². The van der Waals surface area contributed by atoms with Crippen molar-refractivity contribution in [2.45, 2.75) is 26.2 Å². The van der Waals surface area contributed by atoms with E-state index in [0.29, 0.717) is 6.61 Å². The van der Waals surface area contributed by atoms with Crippen molar-refractivity contribution in [2.24, 2.45) is 5.41 Å². The number of carbonyl (C=O) groups excluding carboxylic acids is 1. The molecule has 12 heavy (non-hydrogen) atoms. The van der Waals surface area contributed by atoms with E-state index in [0.717, 1.165) is 6.54 Å². The minimum absolute atomic E-state index is 0.169. The van der Waals surface area contributed by atoms with E-state index in [-0.39, 0.29) is 11.4 Å². The van der Waals surface area contributed by atoms with Gasteiger partial charge in [0.1, 0.15) is 0 Å². The molecule has 1 rings (SSSR count). The van der Waals surface area contributed by atoms with Crippen molar-refractivity contribution in [3.8, 4) is 0 Å². The molecule has 0 aliphatic heterocycles. The smallest absolute Gasteiger partial charge is 0.302 e. The number of nitrogens with one attached hydrogen (secondary N) is 1. The fourth-order valence-corrected chi connectivity index (χ4v) is 1.68. The zero-order valence-corrected chi connectivity index (χ0v) is 7.85. The highest BCUT2D eigenvalue weighted by atomic mass is 16.5. The lowest BCUT2D eigenvalue weighted by atomic mass is 9.69. The van der Waals surface area contributed by atoms with Crippen LogP contribution in [0.3, 0.4) is 0 Å². The highest BCUT2D eigenvalue weighted by Gasteiger charge is 2.37. The maximum Gasteiger partial charge on any atom is 0.302 e. The van der Waals surface area contributed by atoms with Gasteiger partial charge >= 0.3 is 5.97 Å². The van der Waals surface area contributed by atoms with Gasteiger partial charge in [-0.1, -0.05) is 6.42 Å². The molecule has 0 amide bonds. The molecule has 1 aliphatic carbocycles. The second kappa shape index (κ2) is 3.90. The van der Waals surface area contributed by atoms with E-state index in [1.807, 2.05) is 7.05 Å². The first-order chi connectivity index (χ1) is 5.68. The first kappa shape index (κ1) is 9.52. The fraction of sp³-hybridized carbons (Fsp3) is 0.889. The topological polar surface area (TPSA) is 38.3 Å². The van der Waals surface area contributed by atoms with Gasteiger partial charge in [-0.05, 0) is 19.9 Å². The number of carbonyl (C=O) groups is 1. The van der Waals surface area contributed by atoms with E-state index in [9.17, 15) is 4.79 Å². The molecule has 0 unspecified atom stereocenters. The Morgan fingerprint density at radius 2 is 2.25 bits per heavy atom. The molecule has 0 aromatic carbocycles. The molecule has 0 bridgehead atoms. The molecule has 3 nitrogen and oxygen atoms in total. The molecule has 3 heteroatoms. The minimum atomic E-state index is -0.169. The van der Waals surface area contributed by atoms with Crippen LogP contribution in [0.4, 0.5) is 0 Å². The zero-order chi connectivity index (χ0) is 9.03. The second-order valence-corrected chi connectivity index (χ2v) is 3.66. The lowest BCUT2D eigenvalue weighted by Gasteiger charge is -2.40. The van der Waals surface area contributed by atoms with Crippen molar-refractivity contribution >= 4 is 5.97 Å². The normalized spacial score (nSPS) is 19.8. The molecule has 1 fully saturated rings. The van der Waals surface area contributed by atoms with Crippen molar-refractivity contribution < 1.29 is 9.53 Å². The van der Waals surface area contributed by atoms with Crippen LogP contribution in [0.1, 0.15) is 26.2 Å². The monoisotopic (exact) mass is 171 g/mol. The fourth-order valence-electron chi connectivity index (χ4n) is 1.68. The van der Waals surface area contributed by atoms with Crippen LogP contribution in [-0.2, 0) is 9.53 Å². The summed E-state index contributed by atoms with van der Waals surface area (Å²) in [5.41, 5.74) is 0.250. The molecule has 70 valence electrons. The SMILES string of the molecule is CNCC1(COC(C)=O)CCC1. The van der Waals surface area contributed by atoms with Crippen molar-refractivity contribution in [2.75, 3.05) is 20.2 Å². The molecule has 1 N–H and O–H groups in total. The van der Waals surface area contributed by atoms with Gasteiger partial charge in [0.2, 0.25) is 0 Å². The van der Waals surface area contributed by atoms with Gasteiger partial charge in [-0.2, -0.15) is 0 Å². The summed E-state index contributed by atoms with van der Waals surface area (Å²) in [5.74, 6) is -0.169. The van der Waals surface area contributed by atoms with E-state index < -0.39 is 0 Å². The quantitative estimate of drug-likeness (QED) is 0.640. The van der Waals surface area contributed by atoms with Crippen LogP contribution in [0, 0.1) is 5.41 Å². The van der Waals surface area contributed by atoms with E-state index in [4.69, 9.17) is 4.74 Å². The summed E-state index contributed by atoms with van der Waals surface area (Å²) in [6.45, 7) is 3.01. The average Bonchev–Trinajstić information content (AvgIpc) is 1.94. The number of esters is 1. The van der Waals surface area contributed by atoms with E-state index >= 15 is 0 Å². The van der Waals surface area contributed by atoms with E-state index in [1.165, 1.54) is 26.2 Å². The van der Waals surface area contributed by atoms with Crippen LogP contribution >= 0.6 is 0 Å². The largest absolute Gasteiger partial charge is 0.465 e. The highest BCUT2D eigenvalue weighted by Crippen LogP contribution is 2.40. The Hall–Kier alpha value is -0.570. The molecular formula is C9H17NO2. The molecule has 0 aromatic rings. The van der Waals surface area contributed by atoms with Crippen molar-refractivity contribution in [1.82, 2.24) is 5.32 Å². The number of ether oxygens (including phenoxy) is 1. The van der Waals surface area contributed by atoms with Crippen LogP contribution in [-0.4, -0.2) is 26.2 Å². The van der Waals surface area contributed by atoms with Gasteiger partial charge in [-0.15, -0.1) is 0 Å². The Morgan fingerprint density at radius 1 is 1.58 bits per heavy atom. The predicted molar refractivity (Wildman–Crippen MR) is 46.8 cm³/mol. The van der Waals surface area contributed by atoms with Crippen molar-refractivity contribution in [3.63, 3.8) is 0 Å². The summed E-state index contributed by atoms with van der Waals surface area (Å²) >= 11 is 0. The number of hydrogen-bond acceptors (Lipinski definition) is 3. The van der Waals surface area contributed by atoms with Gasteiger partial charge in [-0.3, -0.25) is 4.79 Å². The first-order valence-electron chi connectivity index (χ1n) is 4.46. The molecule has 0 atom stereocenters. The minimum Gasteiger partial charge on any atom is -0.465 e. The Kier molecular flexibility index (Phi) is 3.09. The third-order valence-corrected chi connectivity index (χ3v) is 2.55. The third kappa shape index (κ3) is 2.21. The highest BCUT2D eigenvalue weighted by molar-refractivity contribution is 5.65. The summed E-state index contributed by atoms with van der Waals surface area (Å²) in [4.78, 5) is 10.6. The molecule has 0 heterocycles. The number of rotatable bonds is 4. The van der Waals surface area contributed by atoms with Gasteiger partial charge in [0.25, 0.3) is 0 Å². The molecule has 0 radical (unpaired) electrons. The van der Waals surface area contributed by atoms with Crippen LogP contribution < -0.4 is 5.32 Å².